The Labute approximate surface area is 111 Å². The van der Waals surface area contributed by atoms with Gasteiger partial charge in [-0.25, -0.2) is 8.42 Å². The molecule has 0 aromatic carbocycles. The van der Waals surface area contributed by atoms with Crippen molar-refractivity contribution < 1.29 is 78.7 Å². The SMILES string of the molecule is O=C1CC(S(=O)(=O)[O-])C(=O)O1.[K+]. The molecular formula is C4H3KO6S. The summed E-state index contributed by atoms with van der Waals surface area (Å²) in [6, 6.07) is 0. The van der Waals surface area contributed by atoms with E-state index in [4.69, 9.17) is 0 Å². The van der Waals surface area contributed by atoms with E-state index in [1.54, 1.807) is 0 Å². The summed E-state index contributed by atoms with van der Waals surface area (Å²) in [6.45, 7) is 0. The first-order valence-electron chi connectivity index (χ1n) is 2.60. The standard InChI is InChI=1S/C4H4O6S.K/c5-3-1-2(4(6)10-3)11(7,8)9;/h2H,1H2,(H,7,8,9);/q;+1/p-1. The van der Waals surface area contributed by atoms with Gasteiger partial charge in [0.25, 0.3) is 0 Å². The van der Waals surface area contributed by atoms with Crippen molar-refractivity contribution in [3.8, 4) is 0 Å². The molecule has 0 amide bonds. The number of hydrogen-bond acceptors (Lipinski definition) is 6. The Morgan fingerprint density at radius 2 is 1.92 bits per heavy atom. The first-order valence-corrected chi connectivity index (χ1v) is 4.07. The average Bonchev–Trinajstić information content (AvgIpc) is 2.08. The van der Waals surface area contributed by atoms with Gasteiger partial charge in [0.1, 0.15) is 10.1 Å². The number of carbonyl (C=O) groups is 2. The van der Waals surface area contributed by atoms with Gasteiger partial charge in [-0.2, -0.15) is 0 Å². The van der Waals surface area contributed by atoms with Crippen LogP contribution in [0.5, 0.6) is 0 Å². The van der Waals surface area contributed by atoms with Gasteiger partial charge in [-0.15, -0.1) is 0 Å². The summed E-state index contributed by atoms with van der Waals surface area (Å²) in [6.07, 6.45) is -0.662. The third-order valence-electron chi connectivity index (χ3n) is 1.18. The van der Waals surface area contributed by atoms with Crippen LogP contribution in [-0.2, 0) is 24.4 Å². The molecule has 0 aromatic rings. The molecular weight excluding hydrogens is 215 g/mol. The number of cyclic esters (lactones) is 2. The molecule has 0 aliphatic carbocycles. The monoisotopic (exact) mass is 218 g/mol. The van der Waals surface area contributed by atoms with Gasteiger partial charge < -0.3 is 9.29 Å². The van der Waals surface area contributed by atoms with Crippen molar-refractivity contribution >= 4 is 22.1 Å². The second-order valence-corrected chi connectivity index (χ2v) is 3.53. The summed E-state index contributed by atoms with van der Waals surface area (Å²) in [5.74, 6) is -2.25. The van der Waals surface area contributed by atoms with E-state index in [1.165, 1.54) is 0 Å². The Bertz CT molecular complexity index is 306. The van der Waals surface area contributed by atoms with Gasteiger partial charge in [0, 0.05) is 0 Å². The molecule has 1 rings (SSSR count). The fourth-order valence-electron chi connectivity index (χ4n) is 0.674. The zero-order valence-electron chi connectivity index (χ0n) is 6.14. The fraction of sp³-hybridized carbons (Fsp3) is 0.500. The molecule has 1 atom stereocenters. The third-order valence-corrected chi connectivity index (χ3v) is 2.23. The van der Waals surface area contributed by atoms with E-state index in [1.807, 2.05) is 0 Å². The molecule has 0 spiro atoms. The van der Waals surface area contributed by atoms with Gasteiger partial charge in [-0.05, 0) is 0 Å². The number of ether oxygens (including phenoxy) is 1. The van der Waals surface area contributed by atoms with Crippen LogP contribution in [0.3, 0.4) is 0 Å². The summed E-state index contributed by atoms with van der Waals surface area (Å²) in [5, 5.41) is -1.84. The number of rotatable bonds is 1. The molecule has 0 saturated carbocycles. The van der Waals surface area contributed by atoms with E-state index in [2.05, 4.69) is 4.74 Å². The normalized spacial score (nSPS) is 23.2. The first-order chi connectivity index (χ1) is 4.91. The first kappa shape index (κ1) is 12.7. The molecule has 1 aliphatic rings. The van der Waals surface area contributed by atoms with Gasteiger partial charge in [-0.3, -0.25) is 9.59 Å². The van der Waals surface area contributed by atoms with Crippen molar-refractivity contribution in [1.82, 2.24) is 0 Å². The van der Waals surface area contributed by atoms with Crippen LogP contribution in [0, 0.1) is 0 Å². The predicted molar refractivity (Wildman–Crippen MR) is 29.2 cm³/mol. The maximum absolute atomic E-state index is 10.4. The van der Waals surface area contributed by atoms with Gasteiger partial charge in [0.2, 0.25) is 0 Å². The van der Waals surface area contributed by atoms with Crippen LogP contribution in [0.15, 0.2) is 0 Å². The molecule has 12 heavy (non-hydrogen) atoms. The van der Waals surface area contributed by atoms with Crippen molar-refractivity contribution in [3.63, 3.8) is 0 Å². The van der Waals surface area contributed by atoms with Crippen LogP contribution in [0.4, 0.5) is 0 Å². The third kappa shape index (κ3) is 2.87. The van der Waals surface area contributed by atoms with Crippen LogP contribution in [-0.4, -0.2) is 30.2 Å². The molecule has 1 aliphatic heterocycles. The van der Waals surface area contributed by atoms with Crippen LogP contribution in [0.1, 0.15) is 6.42 Å². The molecule has 1 heterocycles. The Morgan fingerprint density at radius 3 is 2.08 bits per heavy atom. The van der Waals surface area contributed by atoms with Crippen molar-refractivity contribution in [3.05, 3.63) is 0 Å². The quantitative estimate of drug-likeness (QED) is 0.190. The topological polar surface area (TPSA) is 101 Å². The van der Waals surface area contributed by atoms with Gasteiger partial charge in [0.15, 0.2) is 5.25 Å². The van der Waals surface area contributed by atoms with E-state index >= 15 is 0 Å². The van der Waals surface area contributed by atoms with Crippen LogP contribution < -0.4 is 51.4 Å². The summed E-state index contributed by atoms with van der Waals surface area (Å²) in [5.41, 5.74) is 0. The van der Waals surface area contributed by atoms with Crippen molar-refractivity contribution in [2.24, 2.45) is 0 Å². The van der Waals surface area contributed by atoms with E-state index < -0.39 is 33.7 Å². The van der Waals surface area contributed by atoms with Crippen molar-refractivity contribution in [2.75, 3.05) is 0 Å². The summed E-state index contributed by atoms with van der Waals surface area (Å²) in [4.78, 5) is 20.7. The maximum Gasteiger partial charge on any atom is 1.00 e. The van der Waals surface area contributed by atoms with Crippen LogP contribution in [0.25, 0.3) is 0 Å². The fourth-order valence-corrected chi connectivity index (χ4v) is 1.30. The average molecular weight is 218 g/mol. The molecule has 0 N–H and O–H groups in total. The molecule has 8 heteroatoms. The maximum atomic E-state index is 10.4. The van der Waals surface area contributed by atoms with Crippen LogP contribution in [0.2, 0.25) is 0 Å². The summed E-state index contributed by atoms with van der Waals surface area (Å²) in [7, 11) is -4.73. The number of carbonyl (C=O) groups excluding carboxylic acids is 2. The molecule has 0 aromatic heterocycles. The number of esters is 2. The Balaban J connectivity index is 0.00000121. The van der Waals surface area contributed by atoms with E-state index in [-0.39, 0.29) is 51.4 Å². The largest absolute Gasteiger partial charge is 1.00 e. The number of hydrogen-bond donors (Lipinski definition) is 0. The van der Waals surface area contributed by atoms with Gasteiger partial charge in [0.05, 0.1) is 6.42 Å². The van der Waals surface area contributed by atoms with E-state index in [0.717, 1.165) is 0 Å². The van der Waals surface area contributed by atoms with E-state index in [9.17, 15) is 22.6 Å². The minimum Gasteiger partial charge on any atom is -0.747 e. The van der Waals surface area contributed by atoms with Gasteiger partial charge in [-0.1, -0.05) is 0 Å². The minimum atomic E-state index is -4.73. The molecule has 0 radical (unpaired) electrons. The summed E-state index contributed by atoms with van der Waals surface area (Å²) < 4.78 is 34.4. The van der Waals surface area contributed by atoms with Crippen LogP contribution >= 0.6 is 0 Å². The zero-order valence-corrected chi connectivity index (χ0v) is 10.1. The minimum absolute atomic E-state index is 0. The second kappa shape index (κ2) is 4.27. The van der Waals surface area contributed by atoms with E-state index in [0.29, 0.717) is 0 Å². The van der Waals surface area contributed by atoms with Crippen molar-refractivity contribution in [1.29, 1.82) is 0 Å². The zero-order chi connectivity index (χ0) is 8.65. The molecule has 1 fully saturated rings. The Kier molecular flexibility index (Phi) is 4.51. The molecule has 1 saturated heterocycles. The summed E-state index contributed by atoms with van der Waals surface area (Å²) >= 11 is 0. The Morgan fingerprint density at radius 1 is 1.42 bits per heavy atom. The predicted octanol–water partition coefficient (Wildman–Crippen LogP) is -4.62. The molecule has 1 unspecified atom stereocenters. The Hall–Kier alpha value is 0.686. The molecule has 0 bridgehead atoms. The second-order valence-electron chi connectivity index (χ2n) is 1.98. The smallest absolute Gasteiger partial charge is 0.747 e. The van der Waals surface area contributed by atoms with Crippen molar-refractivity contribution in [2.45, 2.75) is 11.7 Å². The molecule has 6 nitrogen and oxygen atoms in total. The van der Waals surface area contributed by atoms with Gasteiger partial charge >= 0.3 is 63.3 Å². The molecule has 62 valence electrons.